The molecule has 10 aromatic carbocycles. The van der Waals surface area contributed by atoms with Crippen molar-refractivity contribution in [1.29, 1.82) is 0 Å². The van der Waals surface area contributed by atoms with Crippen molar-refractivity contribution in [3.8, 4) is 5.82 Å². The lowest BCUT2D eigenvalue weighted by Crippen LogP contribution is -2.31. The van der Waals surface area contributed by atoms with Gasteiger partial charge in [-0.1, -0.05) is 256 Å². The van der Waals surface area contributed by atoms with Crippen LogP contribution in [0.4, 0.5) is 22.7 Å². The number of benzene rings is 10. The van der Waals surface area contributed by atoms with Crippen molar-refractivity contribution in [3.63, 3.8) is 0 Å². The molecule has 1 aliphatic rings. The molecule has 84 heavy (non-hydrogen) atoms. The SMILES string of the molecule is CC(C)(C)c1cc(N2CN(c3cccc(C(c4ccccc4)(c4ccccc4)c4ccc5c6cc(C(C)(C)c7ccccc7)ccc6n(-c6cc(C(C)(c7ccccc7)c7ccccc7)ccn6)c5c4)c3)c3ccccc32)cc(C(C)(C)C)c1. The van der Waals surface area contributed by atoms with E-state index < -0.39 is 10.8 Å². The Morgan fingerprint density at radius 3 is 1.32 bits per heavy atom. The molecule has 0 saturated carbocycles. The van der Waals surface area contributed by atoms with Crippen LogP contribution in [-0.2, 0) is 27.1 Å². The number of pyridine rings is 1. The van der Waals surface area contributed by atoms with Crippen LogP contribution in [0.15, 0.2) is 273 Å². The molecule has 414 valence electrons. The summed E-state index contributed by atoms with van der Waals surface area (Å²) in [6.07, 6.45) is 2.01. The van der Waals surface area contributed by atoms with Gasteiger partial charge in [-0.3, -0.25) is 4.57 Å². The topological polar surface area (TPSA) is 24.3 Å². The molecule has 0 N–H and O–H groups in total. The number of aromatic nitrogens is 2. The summed E-state index contributed by atoms with van der Waals surface area (Å²) in [6, 6.07) is 99.5. The number of para-hydroxylation sites is 2. The van der Waals surface area contributed by atoms with Crippen LogP contribution < -0.4 is 9.80 Å². The Morgan fingerprint density at radius 1 is 0.310 bits per heavy atom. The number of rotatable bonds is 12. The maximum absolute atomic E-state index is 5.36. The van der Waals surface area contributed by atoms with Gasteiger partial charge in [-0.25, -0.2) is 4.98 Å². The van der Waals surface area contributed by atoms with Crippen LogP contribution in [-0.4, -0.2) is 16.2 Å². The summed E-state index contributed by atoms with van der Waals surface area (Å²) in [6.45, 7) is 21.6. The van der Waals surface area contributed by atoms with Gasteiger partial charge < -0.3 is 9.80 Å². The van der Waals surface area contributed by atoms with E-state index in [4.69, 9.17) is 4.98 Å². The van der Waals surface area contributed by atoms with Crippen molar-refractivity contribution < 1.29 is 0 Å². The minimum absolute atomic E-state index is 0.0201. The summed E-state index contributed by atoms with van der Waals surface area (Å²) in [5.41, 5.74) is 18.9. The molecule has 0 atom stereocenters. The molecule has 12 aromatic rings. The summed E-state index contributed by atoms with van der Waals surface area (Å²) in [5, 5.41) is 2.36. The van der Waals surface area contributed by atoms with Gasteiger partial charge in [-0.15, -0.1) is 0 Å². The average Bonchev–Trinajstić information content (AvgIpc) is 1.58. The Kier molecular flexibility index (Phi) is 13.4. The standard InChI is InChI=1S/C80H74N4/c1-76(2,3)65-48-66(77(4,5)6)51-68(50-65)83-55-82(72-40-25-26-41-73(72)83)67-39-27-38-63(49-67)80(59-34-21-13-22-35-59,60-36-23-14-24-37-60)64-42-44-69-70-52-61(78(7,8)56-28-15-10-16-29-56)43-45-71(70)84(74(69)53-64)75-54-62(46-47-81-75)79(9,57-30-17-11-18-31-57)58-32-19-12-20-33-58/h10-54H,55H2,1-9H3. The fourth-order valence-corrected chi connectivity index (χ4v) is 13.4. The van der Waals surface area contributed by atoms with Crippen LogP contribution in [0.3, 0.4) is 0 Å². The van der Waals surface area contributed by atoms with E-state index >= 15 is 0 Å². The molecule has 2 aromatic heterocycles. The summed E-state index contributed by atoms with van der Waals surface area (Å²) >= 11 is 0. The molecule has 4 nitrogen and oxygen atoms in total. The van der Waals surface area contributed by atoms with Crippen molar-refractivity contribution >= 4 is 44.6 Å². The molecule has 0 radical (unpaired) electrons. The van der Waals surface area contributed by atoms with Gasteiger partial charge in [-0.2, -0.15) is 0 Å². The maximum atomic E-state index is 5.36. The second-order valence-electron chi connectivity index (χ2n) is 25.8. The fourth-order valence-electron chi connectivity index (χ4n) is 13.4. The Balaban J connectivity index is 1.04. The van der Waals surface area contributed by atoms with E-state index in [0.29, 0.717) is 6.67 Å². The zero-order valence-corrected chi connectivity index (χ0v) is 50.0. The van der Waals surface area contributed by atoms with Crippen LogP contribution in [0, 0.1) is 0 Å². The molecule has 0 fully saturated rings. The van der Waals surface area contributed by atoms with Crippen LogP contribution in [0.1, 0.15) is 124 Å². The largest absolute Gasteiger partial charge is 0.321 e. The molecule has 13 rings (SSSR count). The zero-order chi connectivity index (χ0) is 58.0. The molecule has 0 unspecified atom stereocenters. The van der Waals surface area contributed by atoms with E-state index in [0.717, 1.165) is 33.7 Å². The van der Waals surface area contributed by atoms with Gasteiger partial charge in [0, 0.05) is 39.2 Å². The smallest absolute Gasteiger partial charge is 0.137 e. The van der Waals surface area contributed by atoms with E-state index in [-0.39, 0.29) is 16.2 Å². The third kappa shape index (κ3) is 9.20. The van der Waals surface area contributed by atoms with Crippen molar-refractivity contribution in [2.24, 2.45) is 0 Å². The molecule has 0 spiro atoms. The second-order valence-corrected chi connectivity index (χ2v) is 25.8. The number of hydrogen-bond acceptors (Lipinski definition) is 3. The lowest BCUT2D eigenvalue weighted by atomic mass is 9.65. The second kappa shape index (κ2) is 20.9. The quantitative estimate of drug-likeness (QED) is 0.114. The molecule has 0 aliphatic carbocycles. The van der Waals surface area contributed by atoms with Gasteiger partial charge in [0.1, 0.15) is 12.5 Å². The van der Waals surface area contributed by atoms with E-state index in [2.05, 4.69) is 344 Å². The first-order chi connectivity index (χ1) is 40.5. The molecule has 3 heterocycles. The fraction of sp³-hybridized carbons (Fsp3) is 0.188. The third-order valence-corrected chi connectivity index (χ3v) is 18.4. The minimum atomic E-state index is -0.773. The van der Waals surface area contributed by atoms with Crippen molar-refractivity contribution in [2.45, 2.75) is 89.4 Å². The van der Waals surface area contributed by atoms with Crippen LogP contribution in [0.2, 0.25) is 0 Å². The van der Waals surface area contributed by atoms with Crippen molar-refractivity contribution in [1.82, 2.24) is 9.55 Å². The third-order valence-electron chi connectivity index (χ3n) is 18.4. The molecule has 0 amide bonds. The van der Waals surface area contributed by atoms with Crippen LogP contribution >= 0.6 is 0 Å². The lowest BCUT2D eigenvalue weighted by molar-refractivity contribution is 0.568. The predicted molar refractivity (Wildman–Crippen MR) is 353 cm³/mol. The highest BCUT2D eigenvalue weighted by Gasteiger charge is 2.41. The Labute approximate surface area is 497 Å². The monoisotopic (exact) mass is 1090 g/mol. The maximum Gasteiger partial charge on any atom is 0.137 e. The number of anilines is 4. The first-order valence-corrected chi connectivity index (χ1v) is 29.8. The van der Waals surface area contributed by atoms with Gasteiger partial charge in [0.2, 0.25) is 0 Å². The number of hydrogen-bond donors (Lipinski definition) is 0. The minimum Gasteiger partial charge on any atom is -0.321 e. The molecule has 0 saturated heterocycles. The zero-order valence-electron chi connectivity index (χ0n) is 50.0. The summed E-state index contributed by atoms with van der Waals surface area (Å²) in [5.74, 6) is 0.865. The Hall–Kier alpha value is -9.25. The molecule has 4 heteroatoms. The van der Waals surface area contributed by atoms with E-state index in [1.54, 1.807) is 0 Å². The highest BCUT2D eigenvalue weighted by atomic mass is 15.4. The summed E-state index contributed by atoms with van der Waals surface area (Å²) < 4.78 is 2.43. The summed E-state index contributed by atoms with van der Waals surface area (Å²) in [4.78, 5) is 10.4. The highest BCUT2D eigenvalue weighted by Crippen LogP contribution is 2.51. The van der Waals surface area contributed by atoms with Gasteiger partial charge in [0.25, 0.3) is 0 Å². The molecule has 1 aliphatic heterocycles. The van der Waals surface area contributed by atoms with Crippen LogP contribution in [0.5, 0.6) is 0 Å². The van der Waals surface area contributed by atoms with E-state index in [1.165, 1.54) is 77.9 Å². The first kappa shape index (κ1) is 54.0. The van der Waals surface area contributed by atoms with Crippen molar-refractivity contribution in [3.05, 3.63) is 334 Å². The molecular formula is C80H74N4. The lowest BCUT2D eigenvalue weighted by Gasteiger charge is -2.37. The van der Waals surface area contributed by atoms with Gasteiger partial charge in [-0.05, 0) is 146 Å². The number of fused-ring (bicyclic) bond motifs is 4. The van der Waals surface area contributed by atoms with E-state index in [9.17, 15) is 0 Å². The van der Waals surface area contributed by atoms with Crippen LogP contribution in [0.25, 0.3) is 27.6 Å². The predicted octanol–water partition coefficient (Wildman–Crippen LogP) is 20.1. The average molecular weight is 1090 g/mol. The first-order valence-electron chi connectivity index (χ1n) is 29.8. The van der Waals surface area contributed by atoms with Gasteiger partial charge in [0.05, 0.1) is 27.8 Å². The van der Waals surface area contributed by atoms with E-state index in [1.807, 2.05) is 6.20 Å². The Bertz CT molecular complexity index is 4230. The number of nitrogens with zero attached hydrogens (tertiary/aromatic N) is 4. The Morgan fingerprint density at radius 2 is 0.774 bits per heavy atom. The summed E-state index contributed by atoms with van der Waals surface area (Å²) in [7, 11) is 0. The highest BCUT2D eigenvalue weighted by molar-refractivity contribution is 6.10. The van der Waals surface area contributed by atoms with Gasteiger partial charge >= 0.3 is 0 Å². The molecular weight excluding hydrogens is 1020 g/mol. The van der Waals surface area contributed by atoms with Gasteiger partial charge in [0.15, 0.2) is 0 Å². The van der Waals surface area contributed by atoms with Crippen molar-refractivity contribution in [2.75, 3.05) is 16.5 Å². The normalized spacial score (nSPS) is 13.2. The molecule has 0 bridgehead atoms.